The molecule has 0 saturated heterocycles. The average molecular weight is 341 g/mol. The maximum Gasteiger partial charge on any atom is 0.311 e. The van der Waals surface area contributed by atoms with E-state index in [2.05, 4.69) is 5.32 Å². The van der Waals surface area contributed by atoms with Crippen LogP contribution in [0.2, 0.25) is 0 Å². The van der Waals surface area contributed by atoms with Crippen molar-refractivity contribution in [3.05, 3.63) is 33.9 Å². The van der Waals surface area contributed by atoms with Crippen molar-refractivity contribution in [1.29, 1.82) is 0 Å². The third-order valence-electron chi connectivity index (χ3n) is 3.07. The number of carbonyl (C=O) groups is 1. The molecule has 0 bridgehead atoms. The molecule has 2 atom stereocenters. The molecule has 23 heavy (non-hydrogen) atoms. The molecule has 0 heterocycles. The van der Waals surface area contributed by atoms with Crippen LogP contribution in [-0.4, -0.2) is 35.8 Å². The van der Waals surface area contributed by atoms with Crippen molar-refractivity contribution in [2.24, 2.45) is 5.73 Å². The number of nitrogens with zero attached hydrogens (tertiary/aromatic N) is 1. The lowest BCUT2D eigenvalue weighted by atomic mass is 10.1. The van der Waals surface area contributed by atoms with Gasteiger partial charge in [0.1, 0.15) is 0 Å². The molecule has 3 N–H and O–H groups in total. The van der Waals surface area contributed by atoms with Crippen LogP contribution in [0.1, 0.15) is 25.8 Å². The first kappa shape index (κ1) is 19.2. The summed E-state index contributed by atoms with van der Waals surface area (Å²) in [6.45, 7) is 3.81. The minimum absolute atomic E-state index is 0.0326. The first-order valence-electron chi connectivity index (χ1n) is 7.27. The summed E-state index contributed by atoms with van der Waals surface area (Å²) >= 11 is 1.40. The van der Waals surface area contributed by atoms with Crippen LogP contribution in [-0.2, 0) is 10.5 Å². The largest absolute Gasteiger partial charge is 0.490 e. The summed E-state index contributed by atoms with van der Waals surface area (Å²) in [6.07, 6.45) is 0.723. The van der Waals surface area contributed by atoms with E-state index >= 15 is 0 Å². The molecular weight excluding hydrogens is 318 g/mol. The third kappa shape index (κ3) is 6.87. The van der Waals surface area contributed by atoms with Gasteiger partial charge in [-0.2, -0.15) is 0 Å². The Morgan fingerprint density at radius 2 is 2.17 bits per heavy atom. The molecule has 0 fully saturated rings. The molecule has 1 aromatic carbocycles. The smallest absolute Gasteiger partial charge is 0.311 e. The number of benzene rings is 1. The van der Waals surface area contributed by atoms with Crippen LogP contribution in [0, 0.1) is 10.1 Å². The van der Waals surface area contributed by atoms with E-state index in [4.69, 9.17) is 10.5 Å². The molecule has 0 aromatic heterocycles. The topological polar surface area (TPSA) is 107 Å². The number of nitrogens with one attached hydrogen (secondary N) is 1. The molecule has 8 heteroatoms. The van der Waals surface area contributed by atoms with Gasteiger partial charge in [-0.15, -0.1) is 11.8 Å². The summed E-state index contributed by atoms with van der Waals surface area (Å²) in [4.78, 5) is 22.3. The van der Waals surface area contributed by atoms with Crippen LogP contribution in [0.25, 0.3) is 0 Å². The van der Waals surface area contributed by atoms with E-state index in [1.165, 1.54) is 24.9 Å². The van der Waals surface area contributed by atoms with E-state index in [0.29, 0.717) is 11.5 Å². The standard InChI is InChI=1S/C15H23N3O4S/c1-10(16)6-11(2)17-15(19)9-23-8-12-4-5-14(22-3)13(7-12)18(20)21/h4-5,7,10-11H,6,8-9,16H2,1-3H3,(H,17,19). The molecule has 1 aromatic rings. The number of thioether (sulfide) groups is 1. The Kier molecular flexibility index (Phi) is 7.84. The quantitative estimate of drug-likeness (QED) is 0.526. The predicted molar refractivity (Wildman–Crippen MR) is 91.7 cm³/mol. The van der Waals surface area contributed by atoms with E-state index in [1.807, 2.05) is 13.8 Å². The fourth-order valence-corrected chi connectivity index (χ4v) is 2.95. The SMILES string of the molecule is COc1ccc(CSCC(=O)NC(C)CC(C)N)cc1[N+](=O)[O-]. The van der Waals surface area contributed by atoms with Gasteiger partial charge in [0.2, 0.25) is 5.91 Å². The number of amides is 1. The molecule has 0 spiro atoms. The number of hydrogen-bond donors (Lipinski definition) is 2. The summed E-state index contributed by atoms with van der Waals surface area (Å²) in [6, 6.07) is 4.87. The third-order valence-corrected chi connectivity index (χ3v) is 4.08. The number of methoxy groups -OCH3 is 1. The maximum atomic E-state index is 11.8. The van der Waals surface area contributed by atoms with Crippen molar-refractivity contribution in [3.63, 3.8) is 0 Å². The molecule has 0 radical (unpaired) electrons. The summed E-state index contributed by atoms with van der Waals surface area (Å²) in [7, 11) is 1.39. The zero-order chi connectivity index (χ0) is 17.4. The summed E-state index contributed by atoms with van der Waals surface area (Å²) in [5, 5.41) is 13.8. The first-order valence-corrected chi connectivity index (χ1v) is 8.43. The fourth-order valence-electron chi connectivity index (χ4n) is 2.16. The lowest BCUT2D eigenvalue weighted by molar-refractivity contribution is -0.385. The minimum atomic E-state index is -0.477. The van der Waals surface area contributed by atoms with Gasteiger partial charge in [-0.1, -0.05) is 6.07 Å². The molecule has 2 unspecified atom stereocenters. The fraction of sp³-hybridized carbons (Fsp3) is 0.533. The Morgan fingerprint density at radius 3 is 2.74 bits per heavy atom. The highest BCUT2D eigenvalue weighted by molar-refractivity contribution is 7.99. The Balaban J connectivity index is 2.48. The highest BCUT2D eigenvalue weighted by Gasteiger charge is 2.15. The van der Waals surface area contributed by atoms with E-state index in [9.17, 15) is 14.9 Å². The van der Waals surface area contributed by atoms with Gasteiger partial charge >= 0.3 is 5.69 Å². The normalized spacial score (nSPS) is 13.2. The van der Waals surface area contributed by atoms with Gasteiger partial charge in [0, 0.05) is 23.9 Å². The van der Waals surface area contributed by atoms with Gasteiger partial charge < -0.3 is 15.8 Å². The van der Waals surface area contributed by atoms with E-state index < -0.39 is 4.92 Å². The number of rotatable bonds is 9. The van der Waals surface area contributed by atoms with Crippen LogP contribution in [0.4, 0.5) is 5.69 Å². The lowest BCUT2D eigenvalue weighted by Crippen LogP contribution is -2.37. The van der Waals surface area contributed by atoms with Gasteiger partial charge in [0.25, 0.3) is 0 Å². The number of hydrogen-bond acceptors (Lipinski definition) is 6. The number of nitro groups is 1. The molecule has 7 nitrogen and oxygen atoms in total. The van der Waals surface area contributed by atoms with Crippen LogP contribution in [0.5, 0.6) is 5.75 Å². The number of ether oxygens (including phenoxy) is 1. The molecule has 0 aliphatic carbocycles. The van der Waals surface area contributed by atoms with Crippen LogP contribution in [0.15, 0.2) is 18.2 Å². The van der Waals surface area contributed by atoms with Crippen molar-refractivity contribution in [2.45, 2.75) is 38.1 Å². The molecular formula is C15H23N3O4S. The van der Waals surface area contributed by atoms with Crippen LogP contribution >= 0.6 is 11.8 Å². The van der Waals surface area contributed by atoms with E-state index in [1.54, 1.807) is 12.1 Å². The minimum Gasteiger partial charge on any atom is -0.490 e. The zero-order valence-electron chi connectivity index (χ0n) is 13.6. The second-order valence-electron chi connectivity index (χ2n) is 5.44. The summed E-state index contributed by atoms with van der Waals surface area (Å²) in [5.74, 6) is 0.973. The first-order chi connectivity index (χ1) is 10.8. The van der Waals surface area contributed by atoms with Gasteiger partial charge in [-0.25, -0.2) is 0 Å². The maximum absolute atomic E-state index is 11.8. The molecule has 0 aliphatic rings. The highest BCUT2D eigenvalue weighted by Crippen LogP contribution is 2.28. The molecule has 1 rings (SSSR count). The molecule has 1 amide bonds. The van der Waals surface area contributed by atoms with Gasteiger partial charge in [0.05, 0.1) is 17.8 Å². The average Bonchev–Trinajstić information content (AvgIpc) is 2.45. The summed E-state index contributed by atoms with van der Waals surface area (Å²) in [5.41, 5.74) is 6.39. The monoisotopic (exact) mass is 341 g/mol. The van der Waals surface area contributed by atoms with Crippen LogP contribution in [0.3, 0.4) is 0 Å². The number of nitro benzene ring substituents is 1. The molecule has 0 aliphatic heterocycles. The predicted octanol–water partition coefficient (Wildman–Crippen LogP) is 2.08. The van der Waals surface area contributed by atoms with Crippen molar-refractivity contribution < 1.29 is 14.5 Å². The van der Waals surface area contributed by atoms with E-state index in [0.717, 1.165) is 12.0 Å². The molecule has 0 saturated carbocycles. The van der Waals surface area contributed by atoms with Gasteiger partial charge in [0.15, 0.2) is 5.75 Å². The zero-order valence-corrected chi connectivity index (χ0v) is 14.4. The van der Waals surface area contributed by atoms with Crippen LogP contribution < -0.4 is 15.8 Å². The second-order valence-corrected chi connectivity index (χ2v) is 6.42. The van der Waals surface area contributed by atoms with Crippen molar-refractivity contribution in [2.75, 3.05) is 12.9 Å². The van der Waals surface area contributed by atoms with Crippen molar-refractivity contribution >= 4 is 23.4 Å². The Hall–Kier alpha value is -1.80. The number of nitrogens with two attached hydrogens (primary N) is 1. The Bertz CT molecular complexity index is 552. The van der Waals surface area contributed by atoms with Crippen molar-refractivity contribution in [1.82, 2.24) is 5.32 Å². The van der Waals surface area contributed by atoms with Gasteiger partial charge in [-0.05, 0) is 31.9 Å². The van der Waals surface area contributed by atoms with E-state index in [-0.39, 0.29) is 29.4 Å². The second kappa shape index (κ2) is 9.36. The highest BCUT2D eigenvalue weighted by atomic mass is 32.2. The Labute approximate surface area is 140 Å². The van der Waals surface area contributed by atoms with Gasteiger partial charge in [-0.3, -0.25) is 14.9 Å². The summed E-state index contributed by atoms with van der Waals surface area (Å²) < 4.78 is 4.96. The molecule has 128 valence electrons. The Morgan fingerprint density at radius 1 is 1.48 bits per heavy atom. The number of carbonyl (C=O) groups excluding carboxylic acids is 1. The van der Waals surface area contributed by atoms with Crippen molar-refractivity contribution in [3.8, 4) is 5.75 Å². The lowest BCUT2D eigenvalue weighted by Gasteiger charge is -2.15.